The number of fused-ring (bicyclic) bond motifs is 1. The van der Waals surface area contributed by atoms with Gasteiger partial charge in [0, 0.05) is 5.92 Å². The lowest BCUT2D eigenvalue weighted by Gasteiger charge is -2.36. The molecule has 0 aromatic rings. The highest BCUT2D eigenvalue weighted by Gasteiger charge is 2.72. The number of hydrogen-bond donors (Lipinski definition) is 0. The van der Waals surface area contributed by atoms with E-state index in [4.69, 9.17) is 4.18 Å². The van der Waals surface area contributed by atoms with E-state index in [-0.39, 0.29) is 16.6 Å². The van der Waals surface area contributed by atoms with E-state index >= 15 is 0 Å². The van der Waals surface area contributed by atoms with Gasteiger partial charge >= 0.3 is 0 Å². The van der Waals surface area contributed by atoms with E-state index < -0.39 is 15.7 Å². The van der Waals surface area contributed by atoms with Crippen LogP contribution in [0, 0.1) is 17.3 Å². The van der Waals surface area contributed by atoms with Crippen LogP contribution in [0.25, 0.3) is 0 Å². The maximum Gasteiger partial charge on any atom is 0.271 e. The summed E-state index contributed by atoms with van der Waals surface area (Å²) in [5.74, 6) is 0.598. The van der Waals surface area contributed by atoms with Gasteiger partial charge in [0.1, 0.15) is 0 Å². The predicted octanol–water partition coefficient (Wildman–Crippen LogP) is 1.54. The normalized spacial score (nSPS) is 63.5. The van der Waals surface area contributed by atoms with Crippen molar-refractivity contribution >= 4 is 10.1 Å². The van der Waals surface area contributed by atoms with Gasteiger partial charge in [-0.25, -0.2) is 0 Å². The second-order valence-electron chi connectivity index (χ2n) is 5.69. The predicted molar refractivity (Wildman–Crippen MR) is 52.2 cm³/mol. The number of rotatable bonds is 0. The van der Waals surface area contributed by atoms with Crippen LogP contribution in [0.1, 0.15) is 33.6 Å². The largest absolute Gasteiger partial charge is 0.271 e. The molecule has 3 rings (SSSR count). The molecule has 0 spiro atoms. The van der Waals surface area contributed by atoms with E-state index in [1.54, 1.807) is 0 Å². The van der Waals surface area contributed by atoms with Gasteiger partial charge in [0.15, 0.2) is 0 Å². The zero-order valence-corrected chi connectivity index (χ0v) is 9.60. The first-order chi connectivity index (χ1) is 6.30. The van der Waals surface area contributed by atoms with Crippen molar-refractivity contribution in [1.82, 2.24) is 0 Å². The van der Waals surface area contributed by atoms with Crippen LogP contribution < -0.4 is 0 Å². The van der Waals surface area contributed by atoms with E-state index in [1.807, 2.05) is 6.92 Å². The van der Waals surface area contributed by atoms with Crippen LogP contribution in [0.5, 0.6) is 0 Å². The summed E-state index contributed by atoms with van der Waals surface area (Å²) in [7, 11) is -3.26. The highest BCUT2D eigenvalue weighted by molar-refractivity contribution is 7.87. The second kappa shape index (κ2) is 2.05. The van der Waals surface area contributed by atoms with Crippen molar-refractivity contribution in [3.05, 3.63) is 0 Å². The Morgan fingerprint density at radius 1 is 1.29 bits per heavy atom. The molecular weight excluding hydrogens is 200 g/mol. The molecule has 1 heterocycles. The lowest BCUT2D eigenvalue weighted by molar-refractivity contribution is 0.00900. The molecule has 0 aromatic carbocycles. The minimum atomic E-state index is -3.26. The Balaban J connectivity index is 2.21. The molecule has 1 aliphatic heterocycles. The standard InChI is InChI=1S/C10H16O3S/c1-6-9(2)4-7-8(5-9)14(11,12)13-10(6,7)3/h6-8H,4-5H2,1-3H3. The van der Waals surface area contributed by atoms with E-state index in [0.717, 1.165) is 12.8 Å². The van der Waals surface area contributed by atoms with Crippen molar-refractivity contribution in [2.24, 2.45) is 17.3 Å². The van der Waals surface area contributed by atoms with Gasteiger partial charge in [-0.05, 0) is 31.1 Å². The first kappa shape index (κ1) is 9.16. The molecule has 2 bridgehead atoms. The Morgan fingerprint density at radius 2 is 1.93 bits per heavy atom. The van der Waals surface area contributed by atoms with Gasteiger partial charge in [-0.3, -0.25) is 4.18 Å². The SMILES string of the molecule is CC1C2(C)CC3C(C2)S(=O)(=O)OC31C. The Hall–Kier alpha value is -0.0900. The van der Waals surface area contributed by atoms with Crippen LogP contribution in [-0.4, -0.2) is 19.3 Å². The Kier molecular flexibility index (Phi) is 1.34. The molecule has 80 valence electrons. The van der Waals surface area contributed by atoms with E-state index in [0.29, 0.717) is 5.92 Å². The summed E-state index contributed by atoms with van der Waals surface area (Å²) < 4.78 is 28.9. The van der Waals surface area contributed by atoms with Gasteiger partial charge in [-0.1, -0.05) is 13.8 Å². The summed E-state index contributed by atoms with van der Waals surface area (Å²) in [5.41, 5.74) is -0.218. The molecule has 3 fully saturated rings. The minimum absolute atomic E-state index is 0.188. The molecule has 3 nitrogen and oxygen atoms in total. The fourth-order valence-corrected chi connectivity index (χ4v) is 6.25. The van der Waals surface area contributed by atoms with Crippen molar-refractivity contribution in [2.75, 3.05) is 0 Å². The van der Waals surface area contributed by atoms with Gasteiger partial charge in [0.25, 0.3) is 10.1 Å². The molecule has 4 heteroatoms. The van der Waals surface area contributed by atoms with Crippen LogP contribution in [0.2, 0.25) is 0 Å². The zero-order chi connectivity index (χ0) is 10.4. The van der Waals surface area contributed by atoms with Gasteiger partial charge in [0.05, 0.1) is 10.9 Å². The second-order valence-corrected chi connectivity index (χ2v) is 7.45. The molecule has 0 N–H and O–H groups in total. The lowest BCUT2D eigenvalue weighted by Crippen LogP contribution is -2.41. The van der Waals surface area contributed by atoms with Gasteiger partial charge in [-0.2, -0.15) is 8.42 Å². The van der Waals surface area contributed by atoms with Crippen LogP contribution in [0.3, 0.4) is 0 Å². The average molecular weight is 216 g/mol. The lowest BCUT2D eigenvalue weighted by atomic mass is 9.71. The fraction of sp³-hybridized carbons (Fsp3) is 1.00. The molecule has 5 atom stereocenters. The Morgan fingerprint density at radius 3 is 2.43 bits per heavy atom. The number of hydrogen-bond acceptors (Lipinski definition) is 3. The van der Waals surface area contributed by atoms with Crippen molar-refractivity contribution in [1.29, 1.82) is 0 Å². The average Bonchev–Trinajstić information content (AvgIpc) is 2.53. The van der Waals surface area contributed by atoms with Gasteiger partial charge < -0.3 is 0 Å². The Labute approximate surface area is 85.0 Å². The molecule has 1 saturated heterocycles. The topological polar surface area (TPSA) is 43.4 Å². The minimum Gasteiger partial charge on any atom is -0.263 e. The molecule has 14 heavy (non-hydrogen) atoms. The van der Waals surface area contributed by atoms with Crippen molar-refractivity contribution in [3.8, 4) is 0 Å². The summed E-state index contributed by atoms with van der Waals surface area (Å²) in [6.45, 7) is 6.32. The third-order valence-corrected chi connectivity index (χ3v) is 6.94. The maximum atomic E-state index is 11.8. The van der Waals surface area contributed by atoms with Crippen LogP contribution in [0.15, 0.2) is 0 Å². The smallest absolute Gasteiger partial charge is 0.263 e. The van der Waals surface area contributed by atoms with Crippen molar-refractivity contribution < 1.29 is 12.6 Å². The first-order valence-corrected chi connectivity index (χ1v) is 6.71. The molecular formula is C10H16O3S. The third kappa shape index (κ3) is 0.735. The van der Waals surface area contributed by atoms with Gasteiger partial charge in [-0.15, -0.1) is 0 Å². The highest BCUT2D eigenvalue weighted by Crippen LogP contribution is 2.68. The third-order valence-electron chi connectivity index (χ3n) is 5.11. The molecule has 0 aromatic heterocycles. The zero-order valence-electron chi connectivity index (χ0n) is 8.78. The summed E-state index contributed by atoms with van der Waals surface area (Å²) in [4.78, 5) is 0. The van der Waals surface area contributed by atoms with Crippen LogP contribution in [0.4, 0.5) is 0 Å². The fourth-order valence-electron chi connectivity index (χ4n) is 4.01. The summed E-state index contributed by atoms with van der Waals surface area (Å²) in [6.07, 6.45) is 1.82. The monoisotopic (exact) mass is 216 g/mol. The van der Waals surface area contributed by atoms with Crippen molar-refractivity contribution in [3.63, 3.8) is 0 Å². The summed E-state index contributed by atoms with van der Waals surface area (Å²) in [6, 6.07) is 0. The molecule has 2 saturated carbocycles. The molecule has 2 aliphatic carbocycles. The van der Waals surface area contributed by atoms with Crippen LogP contribution >= 0.6 is 0 Å². The Bertz CT molecular complexity index is 402. The summed E-state index contributed by atoms with van der Waals surface area (Å²) in [5, 5.41) is -0.214. The molecule has 0 radical (unpaired) electrons. The van der Waals surface area contributed by atoms with E-state index in [1.165, 1.54) is 0 Å². The molecule has 0 amide bonds. The quantitative estimate of drug-likeness (QED) is 0.577. The van der Waals surface area contributed by atoms with Crippen LogP contribution in [-0.2, 0) is 14.3 Å². The summed E-state index contributed by atoms with van der Waals surface area (Å²) >= 11 is 0. The first-order valence-electron chi connectivity index (χ1n) is 5.24. The highest BCUT2D eigenvalue weighted by atomic mass is 32.2. The maximum absolute atomic E-state index is 11.8. The van der Waals surface area contributed by atoms with Crippen molar-refractivity contribution in [2.45, 2.75) is 44.5 Å². The van der Waals surface area contributed by atoms with Gasteiger partial charge in [0.2, 0.25) is 0 Å². The van der Waals surface area contributed by atoms with E-state index in [2.05, 4.69) is 13.8 Å². The molecule has 5 unspecified atom stereocenters. The van der Waals surface area contributed by atoms with E-state index in [9.17, 15) is 8.42 Å². The molecule has 3 aliphatic rings.